The quantitative estimate of drug-likeness (QED) is 0.791. The Labute approximate surface area is 144 Å². The van der Waals surface area contributed by atoms with Crippen LogP contribution in [-0.2, 0) is 6.42 Å². The topological polar surface area (TPSA) is 55.1 Å². The van der Waals surface area contributed by atoms with Gasteiger partial charge in [0.25, 0.3) is 5.95 Å². The van der Waals surface area contributed by atoms with Gasteiger partial charge in [0.05, 0.1) is 5.70 Å². The molecule has 1 N–H and O–H groups in total. The summed E-state index contributed by atoms with van der Waals surface area (Å²) in [5.74, 6) is 1.33. The van der Waals surface area contributed by atoms with E-state index < -0.39 is 0 Å². The third kappa shape index (κ3) is 2.94. The van der Waals surface area contributed by atoms with Crippen molar-refractivity contribution in [2.24, 2.45) is 4.99 Å². The summed E-state index contributed by atoms with van der Waals surface area (Å²) in [6.07, 6.45) is 4.30. The molecule has 1 aromatic heterocycles. The van der Waals surface area contributed by atoms with Gasteiger partial charge in [-0.05, 0) is 29.3 Å². The third-order valence-electron chi connectivity index (χ3n) is 3.74. The molecule has 1 aliphatic heterocycles. The predicted molar refractivity (Wildman–Crippen MR) is 96.2 cm³/mol. The second-order valence-electron chi connectivity index (χ2n) is 5.39. The summed E-state index contributed by atoms with van der Waals surface area (Å²) in [6, 6.07) is 17.8. The SMILES string of the molecule is Clc1ccc(C2=CC=Nc3nnc(Cc4ccccc4)n3N2)cc1. The maximum atomic E-state index is 5.97. The molecule has 24 heavy (non-hydrogen) atoms. The number of allylic oxidation sites excluding steroid dienone is 1. The van der Waals surface area contributed by atoms with E-state index in [4.69, 9.17) is 11.6 Å². The van der Waals surface area contributed by atoms with Gasteiger partial charge < -0.3 is 0 Å². The van der Waals surface area contributed by atoms with Crippen LogP contribution in [0.3, 0.4) is 0 Å². The number of aliphatic imine (C=N–C) groups is 1. The molecule has 0 aliphatic carbocycles. The monoisotopic (exact) mass is 335 g/mol. The number of hydrogen-bond donors (Lipinski definition) is 1. The summed E-state index contributed by atoms with van der Waals surface area (Å²) in [5, 5.41) is 9.12. The number of nitrogens with one attached hydrogen (secondary N) is 1. The van der Waals surface area contributed by atoms with Gasteiger partial charge in [0.2, 0.25) is 0 Å². The minimum absolute atomic E-state index is 0.529. The highest BCUT2D eigenvalue weighted by atomic mass is 35.5. The van der Waals surface area contributed by atoms with Crippen LogP contribution in [0.1, 0.15) is 17.0 Å². The predicted octanol–water partition coefficient (Wildman–Crippen LogP) is 3.82. The van der Waals surface area contributed by atoms with E-state index in [9.17, 15) is 0 Å². The van der Waals surface area contributed by atoms with Crippen molar-refractivity contribution in [2.75, 3.05) is 5.43 Å². The Hall–Kier alpha value is -2.92. The van der Waals surface area contributed by atoms with E-state index in [1.54, 1.807) is 6.21 Å². The van der Waals surface area contributed by atoms with Crippen molar-refractivity contribution in [2.45, 2.75) is 6.42 Å². The third-order valence-corrected chi connectivity index (χ3v) is 3.99. The van der Waals surface area contributed by atoms with Crippen molar-refractivity contribution in [1.29, 1.82) is 0 Å². The van der Waals surface area contributed by atoms with Crippen LogP contribution in [0.5, 0.6) is 0 Å². The lowest BCUT2D eigenvalue weighted by atomic mass is 10.1. The zero-order valence-corrected chi connectivity index (χ0v) is 13.5. The van der Waals surface area contributed by atoms with Crippen LogP contribution in [0.25, 0.3) is 5.70 Å². The Morgan fingerprint density at radius 2 is 1.75 bits per heavy atom. The molecule has 0 spiro atoms. The standard InChI is InChI=1S/C18H14ClN5/c19-15-8-6-14(7-9-15)16-10-11-20-18-22-21-17(24(18)23-16)12-13-4-2-1-3-5-13/h1-11,23H,12H2. The first-order valence-electron chi connectivity index (χ1n) is 7.55. The molecule has 3 aromatic rings. The van der Waals surface area contributed by atoms with Crippen molar-refractivity contribution >= 4 is 29.5 Å². The van der Waals surface area contributed by atoms with E-state index in [-0.39, 0.29) is 0 Å². The Bertz CT molecular complexity index is 910. The minimum Gasteiger partial charge on any atom is -0.289 e. The van der Waals surface area contributed by atoms with Crippen molar-refractivity contribution in [3.8, 4) is 0 Å². The molecule has 0 saturated carbocycles. The highest BCUT2D eigenvalue weighted by molar-refractivity contribution is 6.30. The summed E-state index contributed by atoms with van der Waals surface area (Å²) >= 11 is 5.97. The fourth-order valence-corrected chi connectivity index (χ4v) is 2.65. The van der Waals surface area contributed by atoms with Gasteiger partial charge in [-0.15, -0.1) is 10.2 Å². The summed E-state index contributed by atoms with van der Waals surface area (Å²) in [4.78, 5) is 4.34. The van der Waals surface area contributed by atoms with E-state index in [1.165, 1.54) is 5.56 Å². The Kier molecular flexibility index (Phi) is 3.84. The molecule has 5 nitrogen and oxygen atoms in total. The van der Waals surface area contributed by atoms with Crippen molar-refractivity contribution in [3.05, 3.63) is 82.6 Å². The molecule has 4 rings (SSSR count). The van der Waals surface area contributed by atoms with Crippen LogP contribution < -0.4 is 5.43 Å². The highest BCUT2D eigenvalue weighted by Gasteiger charge is 2.15. The van der Waals surface area contributed by atoms with Gasteiger partial charge in [-0.3, -0.25) is 5.43 Å². The Morgan fingerprint density at radius 1 is 0.958 bits per heavy atom. The molecule has 2 heterocycles. The van der Waals surface area contributed by atoms with Gasteiger partial charge in [0, 0.05) is 17.7 Å². The first-order chi connectivity index (χ1) is 11.8. The first-order valence-corrected chi connectivity index (χ1v) is 7.93. The normalized spacial score (nSPS) is 13.0. The molecule has 0 fully saturated rings. The summed E-state index contributed by atoms with van der Waals surface area (Å²) in [5.41, 5.74) is 6.43. The maximum absolute atomic E-state index is 5.97. The van der Waals surface area contributed by atoms with Crippen LogP contribution in [0, 0.1) is 0 Å². The van der Waals surface area contributed by atoms with Gasteiger partial charge in [0.1, 0.15) is 0 Å². The largest absolute Gasteiger partial charge is 0.289 e. The van der Waals surface area contributed by atoms with Crippen molar-refractivity contribution in [3.63, 3.8) is 0 Å². The van der Waals surface area contributed by atoms with E-state index in [0.29, 0.717) is 17.4 Å². The molecular formula is C18H14ClN5. The molecule has 0 radical (unpaired) electrons. The lowest BCUT2D eigenvalue weighted by molar-refractivity contribution is 0.856. The molecule has 1 aliphatic rings. The average molecular weight is 336 g/mol. The smallest absolute Gasteiger partial charge is 0.270 e. The van der Waals surface area contributed by atoms with Crippen LogP contribution in [0.2, 0.25) is 5.02 Å². The average Bonchev–Trinajstić information content (AvgIpc) is 2.85. The van der Waals surface area contributed by atoms with Crippen LogP contribution in [-0.4, -0.2) is 21.1 Å². The van der Waals surface area contributed by atoms with Crippen molar-refractivity contribution in [1.82, 2.24) is 14.9 Å². The molecule has 0 amide bonds. The van der Waals surface area contributed by atoms with Crippen LogP contribution in [0.4, 0.5) is 5.95 Å². The van der Waals surface area contributed by atoms with E-state index in [2.05, 4.69) is 32.7 Å². The van der Waals surface area contributed by atoms with E-state index in [0.717, 1.165) is 17.1 Å². The lowest BCUT2D eigenvalue weighted by Crippen LogP contribution is -2.16. The summed E-state index contributed by atoms with van der Waals surface area (Å²) in [7, 11) is 0. The molecule has 0 atom stereocenters. The zero-order chi connectivity index (χ0) is 16.4. The molecule has 0 bridgehead atoms. The van der Waals surface area contributed by atoms with Crippen LogP contribution in [0.15, 0.2) is 65.7 Å². The second kappa shape index (κ2) is 6.29. The fourth-order valence-electron chi connectivity index (χ4n) is 2.52. The first kappa shape index (κ1) is 14.7. The highest BCUT2D eigenvalue weighted by Crippen LogP contribution is 2.21. The van der Waals surface area contributed by atoms with E-state index in [1.807, 2.05) is 53.2 Å². The number of fused-ring (bicyclic) bond motifs is 1. The number of aromatic nitrogens is 3. The molecule has 0 saturated heterocycles. The molecular weight excluding hydrogens is 322 g/mol. The summed E-state index contributed by atoms with van der Waals surface area (Å²) in [6.45, 7) is 0. The fraction of sp³-hybridized carbons (Fsp3) is 0.0556. The maximum Gasteiger partial charge on any atom is 0.270 e. The van der Waals surface area contributed by atoms with Gasteiger partial charge >= 0.3 is 0 Å². The lowest BCUT2D eigenvalue weighted by Gasteiger charge is -2.13. The van der Waals surface area contributed by atoms with Crippen LogP contribution >= 0.6 is 11.6 Å². The molecule has 118 valence electrons. The Balaban J connectivity index is 1.66. The molecule has 6 heteroatoms. The van der Waals surface area contributed by atoms with Gasteiger partial charge in [-0.25, -0.2) is 9.67 Å². The number of hydrogen-bond acceptors (Lipinski definition) is 4. The molecule has 2 aromatic carbocycles. The number of rotatable bonds is 3. The second-order valence-corrected chi connectivity index (χ2v) is 5.83. The van der Waals surface area contributed by atoms with Gasteiger partial charge in [-0.2, -0.15) is 0 Å². The minimum atomic E-state index is 0.529. The van der Waals surface area contributed by atoms with Gasteiger partial charge in [-0.1, -0.05) is 54.1 Å². The molecule has 0 unspecified atom stereocenters. The number of benzene rings is 2. The zero-order valence-electron chi connectivity index (χ0n) is 12.7. The van der Waals surface area contributed by atoms with E-state index >= 15 is 0 Å². The Morgan fingerprint density at radius 3 is 2.54 bits per heavy atom. The number of nitrogens with zero attached hydrogens (tertiary/aromatic N) is 4. The van der Waals surface area contributed by atoms with Gasteiger partial charge in [0.15, 0.2) is 5.82 Å². The summed E-state index contributed by atoms with van der Waals surface area (Å²) < 4.78 is 1.82. The number of halogens is 1. The van der Waals surface area contributed by atoms with Crippen molar-refractivity contribution < 1.29 is 0 Å².